The highest BCUT2D eigenvalue weighted by Gasteiger charge is 2.22. The van der Waals surface area contributed by atoms with Crippen molar-refractivity contribution in [2.75, 3.05) is 13.1 Å². The van der Waals surface area contributed by atoms with Crippen molar-refractivity contribution in [3.63, 3.8) is 0 Å². The molecule has 1 unspecified atom stereocenters. The highest BCUT2D eigenvalue weighted by molar-refractivity contribution is 5.78. The molecule has 1 aliphatic heterocycles. The Kier molecular flexibility index (Phi) is 3.09. The first-order chi connectivity index (χ1) is 5.61. The summed E-state index contributed by atoms with van der Waals surface area (Å²) >= 11 is 0. The Morgan fingerprint density at radius 3 is 2.67 bits per heavy atom. The van der Waals surface area contributed by atoms with Crippen LogP contribution in [0.2, 0.25) is 0 Å². The molecule has 0 aromatic heterocycles. The summed E-state index contributed by atoms with van der Waals surface area (Å²) in [6.07, 6.45) is 1.72. The third-order valence-electron chi connectivity index (χ3n) is 2.46. The molecule has 1 rings (SSSR count). The van der Waals surface area contributed by atoms with Gasteiger partial charge in [-0.3, -0.25) is 4.79 Å². The number of nitrogens with two attached hydrogens (primary N) is 1. The molecule has 0 spiro atoms. The number of hydrogen-bond acceptors (Lipinski definition) is 2. The Morgan fingerprint density at radius 1 is 1.58 bits per heavy atom. The molecular formula is C9H18N2O. The minimum Gasteiger partial charge on any atom is -0.341 e. The minimum absolute atomic E-state index is 0.132. The molecule has 1 atom stereocenters. The lowest BCUT2D eigenvalue weighted by Gasteiger charge is -2.22. The maximum Gasteiger partial charge on any atom is 0.222 e. The summed E-state index contributed by atoms with van der Waals surface area (Å²) < 4.78 is 0. The molecule has 1 saturated heterocycles. The van der Waals surface area contributed by atoms with Gasteiger partial charge in [0.15, 0.2) is 0 Å². The molecule has 1 heterocycles. The van der Waals surface area contributed by atoms with Gasteiger partial charge in [0.1, 0.15) is 0 Å². The van der Waals surface area contributed by atoms with E-state index in [1.165, 1.54) is 0 Å². The lowest BCUT2D eigenvalue weighted by Crippen LogP contribution is -2.41. The van der Waals surface area contributed by atoms with E-state index in [2.05, 4.69) is 13.8 Å². The molecule has 0 radical (unpaired) electrons. The SMILES string of the molecule is CC(C)C(N)CN1CCCC1=O. The summed E-state index contributed by atoms with van der Waals surface area (Å²) in [4.78, 5) is 13.1. The number of carbonyl (C=O) groups excluding carboxylic acids is 1. The predicted molar refractivity (Wildman–Crippen MR) is 48.6 cm³/mol. The summed E-state index contributed by atoms with van der Waals surface area (Å²) in [6, 6.07) is 0.132. The highest BCUT2D eigenvalue weighted by Crippen LogP contribution is 2.11. The number of rotatable bonds is 3. The van der Waals surface area contributed by atoms with Crippen LogP contribution in [0.5, 0.6) is 0 Å². The number of carbonyl (C=O) groups is 1. The molecule has 0 aromatic rings. The Labute approximate surface area is 73.9 Å². The van der Waals surface area contributed by atoms with Crippen LogP contribution in [0.4, 0.5) is 0 Å². The smallest absolute Gasteiger partial charge is 0.222 e. The third kappa shape index (κ3) is 2.21. The molecule has 1 fully saturated rings. The average molecular weight is 170 g/mol. The third-order valence-corrected chi connectivity index (χ3v) is 2.46. The van der Waals surface area contributed by atoms with E-state index in [-0.39, 0.29) is 11.9 Å². The second-order valence-corrected chi connectivity index (χ2v) is 3.85. The second kappa shape index (κ2) is 3.90. The van der Waals surface area contributed by atoms with Gasteiger partial charge in [-0.25, -0.2) is 0 Å². The summed E-state index contributed by atoms with van der Waals surface area (Å²) in [5.74, 6) is 0.726. The molecule has 12 heavy (non-hydrogen) atoms. The zero-order valence-corrected chi connectivity index (χ0v) is 7.92. The van der Waals surface area contributed by atoms with Gasteiger partial charge in [-0.05, 0) is 12.3 Å². The molecule has 3 nitrogen and oxygen atoms in total. The van der Waals surface area contributed by atoms with Crippen LogP contribution in [0.25, 0.3) is 0 Å². The molecule has 0 aromatic carbocycles. The van der Waals surface area contributed by atoms with E-state index in [1.54, 1.807) is 0 Å². The van der Waals surface area contributed by atoms with Gasteiger partial charge in [-0.2, -0.15) is 0 Å². The van der Waals surface area contributed by atoms with Crippen molar-refractivity contribution in [2.45, 2.75) is 32.7 Å². The summed E-state index contributed by atoms with van der Waals surface area (Å²) in [5, 5.41) is 0. The van der Waals surface area contributed by atoms with Gasteiger partial charge in [0.2, 0.25) is 5.91 Å². The van der Waals surface area contributed by atoms with E-state index >= 15 is 0 Å². The number of nitrogens with zero attached hydrogens (tertiary/aromatic N) is 1. The lowest BCUT2D eigenvalue weighted by molar-refractivity contribution is -0.128. The van der Waals surface area contributed by atoms with Crippen LogP contribution >= 0.6 is 0 Å². The van der Waals surface area contributed by atoms with Crippen molar-refractivity contribution >= 4 is 5.91 Å². The zero-order chi connectivity index (χ0) is 9.14. The molecule has 1 amide bonds. The van der Waals surface area contributed by atoms with E-state index in [0.717, 1.165) is 19.5 Å². The van der Waals surface area contributed by atoms with E-state index in [0.29, 0.717) is 12.3 Å². The standard InChI is InChI=1S/C9H18N2O/c1-7(2)8(10)6-11-5-3-4-9(11)12/h7-8H,3-6,10H2,1-2H3. The van der Waals surface area contributed by atoms with Crippen LogP contribution < -0.4 is 5.73 Å². The maximum atomic E-state index is 11.2. The number of hydrogen-bond donors (Lipinski definition) is 1. The monoisotopic (exact) mass is 170 g/mol. The van der Waals surface area contributed by atoms with Crippen molar-refractivity contribution in [2.24, 2.45) is 11.7 Å². The first-order valence-electron chi connectivity index (χ1n) is 4.64. The first kappa shape index (κ1) is 9.52. The van der Waals surface area contributed by atoms with Crippen molar-refractivity contribution < 1.29 is 4.79 Å². The number of amides is 1. The van der Waals surface area contributed by atoms with Crippen molar-refractivity contribution in [3.05, 3.63) is 0 Å². The van der Waals surface area contributed by atoms with Gasteiger partial charge >= 0.3 is 0 Å². The Bertz CT molecular complexity index is 168. The van der Waals surface area contributed by atoms with Crippen LogP contribution in [-0.4, -0.2) is 29.9 Å². The highest BCUT2D eigenvalue weighted by atomic mass is 16.2. The minimum atomic E-state index is 0.132. The number of likely N-dealkylation sites (tertiary alicyclic amines) is 1. The van der Waals surface area contributed by atoms with Crippen LogP contribution in [0.1, 0.15) is 26.7 Å². The van der Waals surface area contributed by atoms with E-state index in [4.69, 9.17) is 5.73 Å². The second-order valence-electron chi connectivity index (χ2n) is 3.85. The van der Waals surface area contributed by atoms with E-state index in [1.807, 2.05) is 4.90 Å². The zero-order valence-electron chi connectivity index (χ0n) is 7.92. The average Bonchev–Trinajstić information content (AvgIpc) is 2.36. The quantitative estimate of drug-likeness (QED) is 0.674. The van der Waals surface area contributed by atoms with Gasteiger partial charge in [0, 0.05) is 25.6 Å². The molecule has 0 aliphatic carbocycles. The molecule has 2 N–H and O–H groups in total. The van der Waals surface area contributed by atoms with Gasteiger partial charge < -0.3 is 10.6 Å². The predicted octanol–water partition coefficient (Wildman–Crippen LogP) is 0.592. The molecule has 0 saturated carbocycles. The van der Waals surface area contributed by atoms with Crippen molar-refractivity contribution in [3.8, 4) is 0 Å². The van der Waals surface area contributed by atoms with E-state index in [9.17, 15) is 4.79 Å². The van der Waals surface area contributed by atoms with Crippen molar-refractivity contribution in [1.82, 2.24) is 4.90 Å². The lowest BCUT2D eigenvalue weighted by atomic mass is 10.1. The van der Waals surface area contributed by atoms with Crippen LogP contribution in [0.15, 0.2) is 0 Å². The maximum absolute atomic E-state index is 11.2. The largest absolute Gasteiger partial charge is 0.341 e. The van der Waals surface area contributed by atoms with Gasteiger partial charge in [0.05, 0.1) is 0 Å². The van der Waals surface area contributed by atoms with Gasteiger partial charge in [-0.15, -0.1) is 0 Å². The molecule has 1 aliphatic rings. The van der Waals surface area contributed by atoms with Crippen LogP contribution in [-0.2, 0) is 4.79 Å². The fraction of sp³-hybridized carbons (Fsp3) is 0.889. The van der Waals surface area contributed by atoms with Crippen molar-refractivity contribution in [1.29, 1.82) is 0 Å². The Balaban J connectivity index is 2.35. The summed E-state index contributed by atoms with van der Waals surface area (Å²) in [7, 11) is 0. The van der Waals surface area contributed by atoms with Crippen LogP contribution in [0, 0.1) is 5.92 Å². The Hall–Kier alpha value is -0.570. The Morgan fingerprint density at radius 2 is 2.25 bits per heavy atom. The fourth-order valence-corrected chi connectivity index (χ4v) is 1.36. The normalized spacial score (nSPS) is 20.7. The van der Waals surface area contributed by atoms with Gasteiger partial charge in [0.25, 0.3) is 0 Å². The topological polar surface area (TPSA) is 46.3 Å². The van der Waals surface area contributed by atoms with Gasteiger partial charge in [-0.1, -0.05) is 13.8 Å². The molecule has 3 heteroatoms. The first-order valence-corrected chi connectivity index (χ1v) is 4.64. The fourth-order valence-electron chi connectivity index (χ4n) is 1.36. The molecule has 70 valence electrons. The molecular weight excluding hydrogens is 152 g/mol. The van der Waals surface area contributed by atoms with Crippen LogP contribution in [0.3, 0.4) is 0 Å². The summed E-state index contributed by atoms with van der Waals surface area (Å²) in [5.41, 5.74) is 5.86. The molecule has 0 bridgehead atoms. The summed E-state index contributed by atoms with van der Waals surface area (Å²) in [6.45, 7) is 5.81. The van der Waals surface area contributed by atoms with E-state index < -0.39 is 0 Å².